The molecule has 0 aromatic heterocycles. The van der Waals surface area contributed by atoms with Gasteiger partial charge in [0.25, 0.3) is 0 Å². The molecule has 0 atom stereocenters. The van der Waals surface area contributed by atoms with E-state index in [2.05, 4.69) is 24.0 Å². The molecule has 0 aliphatic carbocycles. The summed E-state index contributed by atoms with van der Waals surface area (Å²) in [5.41, 5.74) is 2.93. The second kappa shape index (κ2) is 13.8. The zero-order valence-corrected chi connectivity index (χ0v) is 15.0. The summed E-state index contributed by atoms with van der Waals surface area (Å²) in [6.07, 6.45) is 0. The smallest absolute Gasteiger partial charge is 0.0991 e. The zero-order chi connectivity index (χ0) is 17.5. The van der Waals surface area contributed by atoms with Crippen molar-refractivity contribution in [2.45, 2.75) is 25.7 Å². The highest BCUT2D eigenvalue weighted by atomic mass is 32.1. The average Bonchev–Trinajstić information content (AvgIpc) is 2.63. The quantitative estimate of drug-likeness (QED) is 0.583. The highest BCUT2D eigenvalue weighted by molar-refractivity contribution is 7.80. The number of hydrogen-bond acceptors (Lipinski definition) is 4. The topological polar surface area (TPSA) is 56.0 Å². The second-order valence-corrected chi connectivity index (χ2v) is 4.83. The maximum atomic E-state index is 8.68. The number of aliphatic hydroxyl groups is 1. The SMILES string of the molecule is CC.CCNCCO.N#Cc1ccc(-c2ccc(S)cc2)cc1. The summed E-state index contributed by atoms with van der Waals surface area (Å²) in [7, 11) is 0. The van der Waals surface area contributed by atoms with Crippen molar-refractivity contribution < 1.29 is 5.11 Å². The number of rotatable bonds is 4. The van der Waals surface area contributed by atoms with Gasteiger partial charge in [-0.15, -0.1) is 12.6 Å². The largest absolute Gasteiger partial charge is 0.395 e. The number of hydrogen-bond donors (Lipinski definition) is 3. The fourth-order valence-corrected chi connectivity index (χ4v) is 1.80. The van der Waals surface area contributed by atoms with Crippen molar-refractivity contribution in [3.8, 4) is 17.2 Å². The average molecular weight is 330 g/mol. The molecule has 0 bridgehead atoms. The zero-order valence-electron chi connectivity index (χ0n) is 14.1. The van der Waals surface area contributed by atoms with Crippen LogP contribution in [-0.4, -0.2) is 24.8 Å². The second-order valence-electron chi connectivity index (χ2n) is 4.31. The van der Waals surface area contributed by atoms with Crippen LogP contribution in [0, 0.1) is 11.3 Å². The normalized spacial score (nSPS) is 8.87. The van der Waals surface area contributed by atoms with Crippen molar-refractivity contribution in [1.82, 2.24) is 5.32 Å². The van der Waals surface area contributed by atoms with Crippen molar-refractivity contribution in [3.63, 3.8) is 0 Å². The predicted octanol–water partition coefficient (Wildman–Crippen LogP) is 4.13. The van der Waals surface area contributed by atoms with Gasteiger partial charge in [0.05, 0.1) is 18.2 Å². The summed E-state index contributed by atoms with van der Waals surface area (Å²) in [6.45, 7) is 7.92. The van der Waals surface area contributed by atoms with Crippen molar-refractivity contribution in [1.29, 1.82) is 5.26 Å². The lowest BCUT2D eigenvalue weighted by Crippen LogP contribution is -2.16. The van der Waals surface area contributed by atoms with Crippen LogP contribution in [0.1, 0.15) is 26.3 Å². The first kappa shape index (κ1) is 21.2. The molecule has 2 aromatic rings. The van der Waals surface area contributed by atoms with Crippen LogP contribution in [-0.2, 0) is 0 Å². The van der Waals surface area contributed by atoms with E-state index in [-0.39, 0.29) is 6.61 Å². The fourth-order valence-electron chi connectivity index (χ4n) is 1.65. The van der Waals surface area contributed by atoms with E-state index in [1.165, 1.54) is 0 Å². The monoisotopic (exact) mass is 330 g/mol. The highest BCUT2D eigenvalue weighted by Crippen LogP contribution is 2.21. The number of nitrogens with one attached hydrogen (secondary N) is 1. The fraction of sp³-hybridized carbons (Fsp3) is 0.316. The van der Waals surface area contributed by atoms with Gasteiger partial charge in [-0.25, -0.2) is 0 Å². The van der Waals surface area contributed by atoms with Crippen molar-refractivity contribution >= 4 is 12.6 Å². The summed E-state index contributed by atoms with van der Waals surface area (Å²) >= 11 is 4.23. The number of nitriles is 1. The summed E-state index contributed by atoms with van der Waals surface area (Å²) < 4.78 is 0. The van der Waals surface area contributed by atoms with Crippen LogP contribution in [0.15, 0.2) is 53.4 Å². The number of thiol groups is 1. The standard InChI is InChI=1S/C13H9NS.C4H11NO.C2H6/c14-9-10-1-3-11(4-2-10)12-5-7-13(15)8-6-12;1-2-5-3-4-6;1-2/h1-8,15H;5-6H,2-4H2,1H3;1-2H3. The molecule has 0 saturated carbocycles. The molecule has 3 nitrogen and oxygen atoms in total. The minimum absolute atomic E-state index is 0.244. The van der Waals surface area contributed by atoms with E-state index in [0.717, 1.165) is 29.1 Å². The van der Waals surface area contributed by atoms with Crippen LogP contribution in [0.5, 0.6) is 0 Å². The van der Waals surface area contributed by atoms with E-state index in [4.69, 9.17) is 10.4 Å². The summed E-state index contributed by atoms with van der Waals surface area (Å²) in [5, 5.41) is 19.8. The van der Waals surface area contributed by atoms with E-state index in [1.807, 2.05) is 69.3 Å². The van der Waals surface area contributed by atoms with Gasteiger partial charge in [-0.05, 0) is 41.9 Å². The van der Waals surface area contributed by atoms with Crippen LogP contribution < -0.4 is 5.32 Å². The first-order valence-corrected chi connectivity index (χ1v) is 8.27. The third-order valence-corrected chi connectivity index (χ3v) is 3.05. The molecule has 0 amide bonds. The Hall–Kier alpha value is -1.80. The molecule has 0 aliphatic heterocycles. The molecule has 0 spiro atoms. The lowest BCUT2D eigenvalue weighted by molar-refractivity contribution is 0.293. The van der Waals surface area contributed by atoms with Gasteiger partial charge in [-0.1, -0.05) is 45.0 Å². The van der Waals surface area contributed by atoms with Crippen molar-refractivity contribution in [2.75, 3.05) is 19.7 Å². The minimum Gasteiger partial charge on any atom is -0.395 e. The van der Waals surface area contributed by atoms with E-state index in [1.54, 1.807) is 0 Å². The molecule has 0 unspecified atom stereocenters. The van der Waals surface area contributed by atoms with Crippen molar-refractivity contribution in [3.05, 3.63) is 54.1 Å². The first-order chi connectivity index (χ1) is 11.2. The molecule has 2 rings (SSSR count). The summed E-state index contributed by atoms with van der Waals surface area (Å²) in [4.78, 5) is 0.951. The number of nitrogens with zero attached hydrogens (tertiary/aromatic N) is 1. The van der Waals surface area contributed by atoms with Crippen LogP contribution in [0.4, 0.5) is 0 Å². The lowest BCUT2D eigenvalue weighted by Gasteiger charge is -2.01. The van der Waals surface area contributed by atoms with Crippen LogP contribution >= 0.6 is 12.6 Å². The van der Waals surface area contributed by atoms with E-state index >= 15 is 0 Å². The predicted molar refractivity (Wildman–Crippen MR) is 101 cm³/mol. The molecule has 124 valence electrons. The Balaban J connectivity index is 0.000000515. The number of likely N-dealkylation sites (N-methyl/N-ethyl adjacent to an activating group) is 1. The molecule has 4 heteroatoms. The molecule has 2 aromatic carbocycles. The van der Waals surface area contributed by atoms with Gasteiger partial charge in [0.15, 0.2) is 0 Å². The van der Waals surface area contributed by atoms with Gasteiger partial charge >= 0.3 is 0 Å². The van der Waals surface area contributed by atoms with Gasteiger partial charge in [0.2, 0.25) is 0 Å². The highest BCUT2D eigenvalue weighted by Gasteiger charge is 1.97. The van der Waals surface area contributed by atoms with Gasteiger partial charge in [0.1, 0.15) is 0 Å². The Labute approximate surface area is 145 Å². The molecule has 0 radical (unpaired) electrons. The first-order valence-electron chi connectivity index (χ1n) is 7.82. The maximum absolute atomic E-state index is 8.68. The lowest BCUT2D eigenvalue weighted by atomic mass is 10.0. The number of benzene rings is 2. The Morgan fingerprint density at radius 3 is 1.83 bits per heavy atom. The molecule has 23 heavy (non-hydrogen) atoms. The molecular weight excluding hydrogens is 304 g/mol. The summed E-state index contributed by atoms with van der Waals surface area (Å²) in [6, 6.07) is 17.6. The Morgan fingerprint density at radius 1 is 1.00 bits per heavy atom. The van der Waals surface area contributed by atoms with Gasteiger partial charge in [-0.3, -0.25) is 0 Å². The summed E-state index contributed by atoms with van der Waals surface area (Å²) in [5.74, 6) is 0. The van der Waals surface area contributed by atoms with E-state index in [0.29, 0.717) is 5.56 Å². The van der Waals surface area contributed by atoms with Gasteiger partial charge in [0, 0.05) is 11.4 Å². The van der Waals surface area contributed by atoms with Gasteiger partial charge in [-0.2, -0.15) is 5.26 Å². The van der Waals surface area contributed by atoms with Crippen LogP contribution in [0.25, 0.3) is 11.1 Å². The Bertz CT molecular complexity index is 555. The molecule has 0 fully saturated rings. The maximum Gasteiger partial charge on any atom is 0.0991 e. The molecular formula is C19H26N2OS. The third kappa shape index (κ3) is 9.04. The van der Waals surface area contributed by atoms with E-state index in [9.17, 15) is 0 Å². The number of aliphatic hydroxyl groups excluding tert-OH is 1. The Morgan fingerprint density at radius 2 is 1.48 bits per heavy atom. The molecule has 2 N–H and O–H groups in total. The van der Waals surface area contributed by atoms with E-state index < -0.39 is 0 Å². The molecule has 0 aliphatic rings. The van der Waals surface area contributed by atoms with Crippen LogP contribution in [0.3, 0.4) is 0 Å². The van der Waals surface area contributed by atoms with Crippen molar-refractivity contribution in [2.24, 2.45) is 0 Å². The minimum atomic E-state index is 0.244. The molecule has 0 saturated heterocycles. The Kier molecular flexibility index (Phi) is 12.8. The van der Waals surface area contributed by atoms with Gasteiger partial charge < -0.3 is 10.4 Å². The molecule has 0 heterocycles. The third-order valence-electron chi connectivity index (χ3n) is 2.75. The van der Waals surface area contributed by atoms with Crippen LogP contribution in [0.2, 0.25) is 0 Å².